The molecular formula is C16H6O5. The van der Waals surface area contributed by atoms with E-state index in [1.807, 2.05) is 0 Å². The number of ether oxygens (including phenoxy) is 1. The first-order valence-corrected chi connectivity index (χ1v) is 5.70. The molecule has 21 heavy (non-hydrogen) atoms. The molecule has 2 aromatic rings. The van der Waals surface area contributed by atoms with Gasteiger partial charge in [0.05, 0.1) is 0 Å². The zero-order valence-electron chi connectivity index (χ0n) is 10.5. The zero-order valence-corrected chi connectivity index (χ0v) is 10.5. The number of carbonyl (C=O) groups excluding carboxylic acids is 4. The van der Waals surface area contributed by atoms with Gasteiger partial charge >= 0.3 is 0 Å². The minimum atomic E-state index is 0.0162. The molecule has 0 aliphatic rings. The first kappa shape index (κ1) is 14.3. The quantitative estimate of drug-likeness (QED) is 0.796. The number of rotatable bonds is 6. The third-order valence-corrected chi connectivity index (χ3v) is 2.66. The fourth-order valence-electron chi connectivity index (χ4n) is 1.66. The molecule has 0 aromatic heterocycles. The summed E-state index contributed by atoms with van der Waals surface area (Å²) in [5.41, 5.74) is 0.181. The van der Waals surface area contributed by atoms with Gasteiger partial charge in [-0.1, -0.05) is 0 Å². The van der Waals surface area contributed by atoms with Crippen LogP contribution in [0, 0.1) is 0 Å². The molecule has 0 saturated heterocycles. The van der Waals surface area contributed by atoms with Crippen molar-refractivity contribution in [3.63, 3.8) is 0 Å². The van der Waals surface area contributed by atoms with Gasteiger partial charge < -0.3 is 4.74 Å². The number of hydrogen-bond donors (Lipinski definition) is 0. The van der Waals surface area contributed by atoms with Crippen LogP contribution in [-0.4, -0.2) is 25.1 Å². The maximum atomic E-state index is 10.7. The zero-order chi connectivity index (χ0) is 15.2. The molecule has 0 bridgehead atoms. The van der Waals surface area contributed by atoms with Crippen molar-refractivity contribution < 1.29 is 23.9 Å². The summed E-state index contributed by atoms with van der Waals surface area (Å²) in [6.45, 7) is 0. The van der Waals surface area contributed by atoms with E-state index in [9.17, 15) is 19.2 Å². The van der Waals surface area contributed by atoms with Crippen LogP contribution >= 0.6 is 0 Å². The Morgan fingerprint density at radius 1 is 0.571 bits per heavy atom. The summed E-state index contributed by atoms with van der Waals surface area (Å²) in [4.78, 5) is 42.6. The maximum Gasteiger partial charge on any atom is 0.234 e. The molecule has 0 aliphatic heterocycles. The summed E-state index contributed by atoms with van der Waals surface area (Å²) < 4.78 is 5.44. The predicted molar refractivity (Wildman–Crippen MR) is 72.1 cm³/mol. The lowest BCUT2D eigenvalue weighted by atomic mass is 10.1. The van der Waals surface area contributed by atoms with Crippen LogP contribution < -0.4 is 4.74 Å². The Kier molecular flexibility index (Phi) is 4.36. The van der Waals surface area contributed by atoms with Gasteiger partial charge in [-0.2, -0.15) is 0 Å². The standard InChI is InChI=1S/C16H6O5/c17-7-11-1-3-15(5-13(11)9-19)21-16-4-2-12(8-18)14(6-16)10-20/h1-6H. The summed E-state index contributed by atoms with van der Waals surface area (Å²) in [5.74, 6) is 0.541. The average molecular weight is 278 g/mol. The van der Waals surface area contributed by atoms with Gasteiger partial charge in [-0.3, -0.25) is 19.2 Å². The Morgan fingerprint density at radius 2 is 0.952 bits per heavy atom. The second-order valence-electron chi connectivity index (χ2n) is 3.93. The van der Waals surface area contributed by atoms with E-state index in [-0.39, 0.29) is 33.8 Å². The largest absolute Gasteiger partial charge is 0.457 e. The van der Waals surface area contributed by atoms with E-state index in [1.54, 1.807) is 25.1 Å². The van der Waals surface area contributed by atoms with Gasteiger partial charge in [-0.25, -0.2) is 0 Å². The smallest absolute Gasteiger partial charge is 0.234 e. The van der Waals surface area contributed by atoms with Gasteiger partial charge in [0.15, 0.2) is 0 Å². The van der Waals surface area contributed by atoms with E-state index in [4.69, 9.17) is 4.74 Å². The van der Waals surface area contributed by atoms with E-state index >= 15 is 0 Å². The molecule has 100 valence electrons. The lowest BCUT2D eigenvalue weighted by Crippen LogP contribution is -1.95. The third-order valence-electron chi connectivity index (χ3n) is 2.66. The lowest BCUT2D eigenvalue weighted by Gasteiger charge is -2.07. The second-order valence-corrected chi connectivity index (χ2v) is 3.93. The molecule has 0 aliphatic carbocycles. The molecule has 0 fully saturated rings. The Labute approximate surface area is 120 Å². The topological polar surface area (TPSA) is 77.5 Å². The number of benzene rings is 2. The van der Waals surface area contributed by atoms with E-state index in [1.165, 1.54) is 36.4 Å². The second kappa shape index (κ2) is 6.38. The predicted octanol–water partition coefficient (Wildman–Crippen LogP) is 1.31. The Morgan fingerprint density at radius 3 is 1.29 bits per heavy atom. The van der Waals surface area contributed by atoms with Gasteiger partial charge in [0.2, 0.25) is 25.1 Å². The van der Waals surface area contributed by atoms with Gasteiger partial charge in [-0.15, -0.1) is 0 Å². The summed E-state index contributed by atoms with van der Waals surface area (Å²) in [7, 11) is 0. The van der Waals surface area contributed by atoms with Crippen molar-refractivity contribution in [3.05, 3.63) is 58.7 Å². The van der Waals surface area contributed by atoms with Crippen LogP contribution in [0.1, 0.15) is 22.3 Å². The fraction of sp³-hybridized carbons (Fsp3) is 0. The fourth-order valence-corrected chi connectivity index (χ4v) is 1.66. The van der Waals surface area contributed by atoms with Crippen molar-refractivity contribution in [3.8, 4) is 11.5 Å². The van der Waals surface area contributed by atoms with Crippen LogP contribution in [0.15, 0.2) is 36.4 Å². The SMILES string of the molecule is O=[C]c1ccc(Oc2ccc([C]=O)c([C]=O)c2)cc1[C]=O. The van der Waals surface area contributed by atoms with Crippen LogP contribution in [0.25, 0.3) is 0 Å². The summed E-state index contributed by atoms with van der Waals surface area (Å²) in [5, 5.41) is 0. The molecule has 0 N–H and O–H groups in total. The number of hydrogen-bond acceptors (Lipinski definition) is 5. The molecular weight excluding hydrogens is 272 g/mol. The first-order chi connectivity index (χ1) is 10.2. The van der Waals surface area contributed by atoms with Gasteiger partial charge in [-0.05, 0) is 36.4 Å². The van der Waals surface area contributed by atoms with Gasteiger partial charge in [0, 0.05) is 22.3 Å². The van der Waals surface area contributed by atoms with Crippen molar-refractivity contribution in [1.82, 2.24) is 0 Å². The highest BCUT2D eigenvalue weighted by atomic mass is 16.5. The summed E-state index contributed by atoms with van der Waals surface area (Å²) in [6.07, 6.45) is 6.43. The first-order valence-electron chi connectivity index (χ1n) is 5.70. The van der Waals surface area contributed by atoms with Crippen LogP contribution in [0.3, 0.4) is 0 Å². The minimum Gasteiger partial charge on any atom is -0.457 e. The molecule has 0 amide bonds. The lowest BCUT2D eigenvalue weighted by molar-refractivity contribution is 0.481. The monoisotopic (exact) mass is 278 g/mol. The van der Waals surface area contributed by atoms with E-state index < -0.39 is 0 Å². The normalized spacial score (nSPS) is 9.71. The van der Waals surface area contributed by atoms with Crippen LogP contribution in [0.5, 0.6) is 11.5 Å². The van der Waals surface area contributed by atoms with Crippen LogP contribution in [-0.2, 0) is 19.2 Å². The van der Waals surface area contributed by atoms with Crippen LogP contribution in [0.4, 0.5) is 0 Å². The third kappa shape index (κ3) is 3.09. The minimum absolute atomic E-state index is 0.0162. The molecule has 0 atom stereocenters. The maximum absolute atomic E-state index is 10.7. The van der Waals surface area contributed by atoms with E-state index in [0.29, 0.717) is 0 Å². The van der Waals surface area contributed by atoms with Gasteiger partial charge in [0.1, 0.15) is 11.5 Å². The molecule has 0 spiro atoms. The molecule has 2 aromatic carbocycles. The van der Waals surface area contributed by atoms with Crippen molar-refractivity contribution >= 4 is 25.1 Å². The molecule has 0 unspecified atom stereocenters. The molecule has 2 rings (SSSR count). The molecule has 0 saturated carbocycles. The van der Waals surface area contributed by atoms with Gasteiger partial charge in [0.25, 0.3) is 0 Å². The molecule has 5 nitrogen and oxygen atoms in total. The highest BCUT2D eigenvalue weighted by Crippen LogP contribution is 2.24. The highest BCUT2D eigenvalue weighted by Gasteiger charge is 2.08. The average Bonchev–Trinajstić information content (AvgIpc) is 2.54. The van der Waals surface area contributed by atoms with Crippen molar-refractivity contribution in [2.24, 2.45) is 0 Å². The Balaban J connectivity index is 2.33. The van der Waals surface area contributed by atoms with E-state index in [2.05, 4.69) is 0 Å². The molecule has 0 heterocycles. The van der Waals surface area contributed by atoms with Crippen molar-refractivity contribution in [2.75, 3.05) is 0 Å². The molecule has 4 radical (unpaired) electrons. The Hall–Kier alpha value is -3.08. The van der Waals surface area contributed by atoms with Crippen molar-refractivity contribution in [2.45, 2.75) is 0 Å². The van der Waals surface area contributed by atoms with Crippen LogP contribution in [0.2, 0.25) is 0 Å². The summed E-state index contributed by atoms with van der Waals surface area (Å²) >= 11 is 0. The highest BCUT2D eigenvalue weighted by molar-refractivity contribution is 5.92. The summed E-state index contributed by atoms with van der Waals surface area (Å²) in [6, 6.07) is 8.29. The van der Waals surface area contributed by atoms with Crippen molar-refractivity contribution in [1.29, 1.82) is 0 Å². The molecule has 5 heteroatoms. The Bertz CT molecular complexity index is 657. The van der Waals surface area contributed by atoms with E-state index in [0.717, 1.165) is 0 Å².